The van der Waals surface area contributed by atoms with Gasteiger partial charge in [-0.1, -0.05) is 31.9 Å². The smallest absolute Gasteiger partial charge is 0.340 e. The first-order chi connectivity index (χ1) is 9.48. The summed E-state index contributed by atoms with van der Waals surface area (Å²) >= 11 is 6.49. The Hall–Kier alpha value is -0.510. The molecule has 1 heterocycles. The zero-order valence-corrected chi connectivity index (χ0v) is 16.0. The Morgan fingerprint density at radius 1 is 1.33 bits per heavy atom. The molecule has 1 aromatic rings. The average molecular weight is 444 g/mol. The normalized spacial score (nSPS) is 12.5. The Bertz CT molecular complexity index is 639. The maximum atomic E-state index is 12.5. The molecule has 0 aliphatic carbocycles. The second kappa shape index (κ2) is 6.72. The van der Waals surface area contributed by atoms with E-state index in [1.165, 1.54) is 19.2 Å². The first kappa shape index (κ1) is 18.5. The van der Waals surface area contributed by atoms with Gasteiger partial charge in [0.25, 0.3) is 10.0 Å². The van der Waals surface area contributed by atoms with Gasteiger partial charge in [0.1, 0.15) is 3.74 Å². The summed E-state index contributed by atoms with van der Waals surface area (Å²) in [6.45, 7) is 5.10. The van der Waals surface area contributed by atoms with Gasteiger partial charge in [-0.3, -0.25) is 0 Å². The SMILES string of the molecule is COC(=O)c1ccc(C(Br)Br)nc1S(=O)(=O)NC(C)(C)C. The van der Waals surface area contributed by atoms with Crippen molar-refractivity contribution < 1.29 is 17.9 Å². The number of alkyl halides is 2. The van der Waals surface area contributed by atoms with Crippen molar-refractivity contribution >= 4 is 47.9 Å². The molecule has 0 radical (unpaired) electrons. The maximum Gasteiger partial charge on any atom is 0.340 e. The Labute approximate surface area is 141 Å². The number of halogens is 2. The van der Waals surface area contributed by atoms with E-state index in [2.05, 4.69) is 46.3 Å². The molecule has 0 saturated carbocycles. The minimum atomic E-state index is -3.96. The molecule has 21 heavy (non-hydrogen) atoms. The van der Waals surface area contributed by atoms with Crippen molar-refractivity contribution in [3.8, 4) is 0 Å². The lowest BCUT2D eigenvalue weighted by Crippen LogP contribution is -2.41. The van der Waals surface area contributed by atoms with Gasteiger partial charge in [0.15, 0.2) is 5.03 Å². The lowest BCUT2D eigenvalue weighted by Gasteiger charge is -2.21. The molecule has 0 saturated heterocycles. The number of carbonyl (C=O) groups is 1. The van der Waals surface area contributed by atoms with E-state index in [-0.39, 0.29) is 14.3 Å². The number of hydrogen-bond acceptors (Lipinski definition) is 5. The molecule has 1 N–H and O–H groups in total. The second-order valence-electron chi connectivity index (χ2n) is 5.24. The highest BCUT2D eigenvalue weighted by Gasteiger charge is 2.29. The number of rotatable bonds is 4. The van der Waals surface area contributed by atoms with Crippen LogP contribution in [-0.2, 0) is 14.8 Å². The number of methoxy groups -OCH3 is 1. The van der Waals surface area contributed by atoms with Crippen molar-refractivity contribution in [3.05, 3.63) is 23.4 Å². The van der Waals surface area contributed by atoms with Gasteiger partial charge in [-0.25, -0.2) is 22.9 Å². The minimum Gasteiger partial charge on any atom is -0.465 e. The van der Waals surface area contributed by atoms with Gasteiger partial charge in [-0.15, -0.1) is 0 Å². The highest BCUT2D eigenvalue weighted by molar-refractivity contribution is 9.24. The average Bonchev–Trinajstić information content (AvgIpc) is 2.34. The van der Waals surface area contributed by atoms with Crippen LogP contribution in [0, 0.1) is 0 Å². The number of sulfonamides is 1. The number of hydrogen-bond donors (Lipinski definition) is 1. The maximum absolute atomic E-state index is 12.5. The molecule has 1 aromatic heterocycles. The van der Waals surface area contributed by atoms with Crippen LogP contribution in [-0.4, -0.2) is 32.0 Å². The monoisotopic (exact) mass is 442 g/mol. The zero-order chi connectivity index (χ0) is 16.4. The number of nitrogens with one attached hydrogen (secondary N) is 1. The van der Waals surface area contributed by atoms with Crippen molar-refractivity contribution in [2.24, 2.45) is 0 Å². The molecule has 0 aliphatic heterocycles. The molecular formula is C12H16Br2N2O4S. The number of pyridine rings is 1. The summed E-state index contributed by atoms with van der Waals surface area (Å²) in [4.78, 5) is 15.8. The number of esters is 1. The second-order valence-corrected chi connectivity index (χ2v) is 9.89. The summed E-state index contributed by atoms with van der Waals surface area (Å²) in [5, 5.41) is -0.356. The third-order valence-electron chi connectivity index (χ3n) is 2.21. The van der Waals surface area contributed by atoms with Crippen LogP contribution in [0.1, 0.15) is 40.6 Å². The van der Waals surface area contributed by atoms with E-state index in [0.29, 0.717) is 5.69 Å². The Balaban J connectivity index is 3.49. The van der Waals surface area contributed by atoms with Crippen LogP contribution >= 0.6 is 31.9 Å². The van der Waals surface area contributed by atoms with Crippen LogP contribution in [0.5, 0.6) is 0 Å². The van der Waals surface area contributed by atoms with Crippen LogP contribution in [0.3, 0.4) is 0 Å². The van der Waals surface area contributed by atoms with E-state index in [4.69, 9.17) is 0 Å². The van der Waals surface area contributed by atoms with Crippen LogP contribution in [0.2, 0.25) is 0 Å². The molecule has 0 aromatic carbocycles. The number of carbonyl (C=O) groups excluding carboxylic acids is 1. The largest absolute Gasteiger partial charge is 0.465 e. The molecule has 0 amide bonds. The quantitative estimate of drug-likeness (QED) is 0.571. The van der Waals surface area contributed by atoms with Crippen LogP contribution in [0.4, 0.5) is 0 Å². The Morgan fingerprint density at radius 2 is 1.90 bits per heavy atom. The van der Waals surface area contributed by atoms with Crippen molar-refractivity contribution in [1.82, 2.24) is 9.71 Å². The molecule has 1 rings (SSSR count). The minimum absolute atomic E-state index is 0.112. The van der Waals surface area contributed by atoms with E-state index >= 15 is 0 Å². The lowest BCUT2D eigenvalue weighted by atomic mass is 10.1. The summed E-state index contributed by atoms with van der Waals surface area (Å²) in [5.74, 6) is -0.760. The van der Waals surface area contributed by atoms with Crippen LogP contribution < -0.4 is 4.72 Å². The van der Waals surface area contributed by atoms with Crippen molar-refractivity contribution in [2.75, 3.05) is 7.11 Å². The highest BCUT2D eigenvalue weighted by atomic mass is 79.9. The molecular weight excluding hydrogens is 428 g/mol. The van der Waals surface area contributed by atoms with Crippen molar-refractivity contribution in [1.29, 1.82) is 0 Å². The van der Waals surface area contributed by atoms with Gasteiger partial charge in [0.2, 0.25) is 0 Å². The van der Waals surface area contributed by atoms with Gasteiger partial charge >= 0.3 is 5.97 Å². The summed E-state index contributed by atoms with van der Waals surface area (Å²) in [7, 11) is -2.78. The molecule has 0 fully saturated rings. The van der Waals surface area contributed by atoms with Crippen LogP contribution in [0.15, 0.2) is 17.2 Å². The number of nitrogens with zero attached hydrogens (tertiary/aromatic N) is 1. The first-order valence-corrected chi connectivity index (χ1v) is 9.21. The van der Waals surface area contributed by atoms with E-state index in [0.717, 1.165) is 0 Å². The Kier molecular flexibility index (Phi) is 5.93. The fraction of sp³-hybridized carbons (Fsp3) is 0.500. The summed E-state index contributed by atoms with van der Waals surface area (Å²) < 4.78 is 31.6. The topological polar surface area (TPSA) is 85.4 Å². The first-order valence-electron chi connectivity index (χ1n) is 5.89. The fourth-order valence-corrected chi connectivity index (χ4v) is 3.58. The molecule has 0 bridgehead atoms. The molecule has 0 aliphatic rings. The summed E-state index contributed by atoms with van der Waals surface area (Å²) in [5.41, 5.74) is -0.387. The standard InChI is InChI=1S/C12H16Br2N2O4S/c1-12(2,3)16-21(18,19)10-7(11(17)20-4)5-6-8(15-10)9(13)14/h5-6,9,16H,1-4H3. The third kappa shape index (κ3) is 5.01. The molecule has 9 heteroatoms. The molecule has 118 valence electrons. The predicted octanol–water partition coefficient (Wildman–Crippen LogP) is 2.73. The van der Waals surface area contributed by atoms with E-state index in [9.17, 15) is 13.2 Å². The van der Waals surface area contributed by atoms with Crippen molar-refractivity contribution in [3.63, 3.8) is 0 Å². The molecule has 0 atom stereocenters. The van der Waals surface area contributed by atoms with Crippen molar-refractivity contribution in [2.45, 2.75) is 35.1 Å². The molecule has 0 spiro atoms. The lowest BCUT2D eigenvalue weighted by molar-refractivity contribution is 0.0595. The van der Waals surface area contributed by atoms with Gasteiger partial charge in [0.05, 0.1) is 18.4 Å². The van der Waals surface area contributed by atoms with Gasteiger partial charge in [-0.2, -0.15) is 0 Å². The summed E-state index contributed by atoms with van der Waals surface area (Å²) in [6.07, 6.45) is 0. The molecule has 6 nitrogen and oxygen atoms in total. The summed E-state index contributed by atoms with van der Waals surface area (Å²) in [6, 6.07) is 2.91. The van der Waals surface area contributed by atoms with E-state index < -0.39 is 21.5 Å². The number of aromatic nitrogens is 1. The van der Waals surface area contributed by atoms with Gasteiger partial charge in [-0.05, 0) is 32.9 Å². The van der Waals surface area contributed by atoms with Crippen LogP contribution in [0.25, 0.3) is 0 Å². The fourth-order valence-electron chi connectivity index (χ4n) is 1.50. The Morgan fingerprint density at radius 3 is 2.33 bits per heavy atom. The van der Waals surface area contributed by atoms with Gasteiger partial charge < -0.3 is 4.74 Å². The number of ether oxygens (including phenoxy) is 1. The van der Waals surface area contributed by atoms with E-state index in [1.807, 2.05) is 0 Å². The van der Waals surface area contributed by atoms with E-state index in [1.54, 1.807) is 20.8 Å². The highest BCUT2D eigenvalue weighted by Crippen LogP contribution is 2.29. The predicted molar refractivity (Wildman–Crippen MR) is 86.2 cm³/mol. The van der Waals surface area contributed by atoms with Gasteiger partial charge in [0, 0.05) is 5.54 Å². The molecule has 0 unspecified atom stereocenters. The zero-order valence-electron chi connectivity index (χ0n) is 12.0. The third-order valence-corrected chi connectivity index (χ3v) is 4.85.